The minimum absolute atomic E-state index is 0.136. The first kappa shape index (κ1) is 20.6. The van der Waals surface area contributed by atoms with Crippen molar-refractivity contribution >= 4 is 35.4 Å². The zero-order chi connectivity index (χ0) is 21.3. The minimum atomic E-state index is -0.443. The highest BCUT2D eigenvalue weighted by Gasteiger charge is 2.35. The lowest BCUT2D eigenvalue weighted by Gasteiger charge is -2.18. The summed E-state index contributed by atoms with van der Waals surface area (Å²) < 4.78 is 5.29. The van der Waals surface area contributed by atoms with Gasteiger partial charge in [0.25, 0.3) is 5.91 Å². The van der Waals surface area contributed by atoms with Crippen LogP contribution in [0, 0.1) is 5.41 Å². The summed E-state index contributed by atoms with van der Waals surface area (Å²) >= 11 is 0. The van der Waals surface area contributed by atoms with Gasteiger partial charge >= 0.3 is 6.09 Å². The Morgan fingerprint density at radius 3 is 2.52 bits per heavy atom. The third-order valence-corrected chi connectivity index (χ3v) is 4.71. The Morgan fingerprint density at radius 2 is 1.93 bits per heavy atom. The van der Waals surface area contributed by atoms with Crippen LogP contribution in [0.2, 0.25) is 0 Å². The van der Waals surface area contributed by atoms with Crippen molar-refractivity contribution in [3.05, 3.63) is 35.4 Å². The molecule has 0 unspecified atom stereocenters. The highest BCUT2D eigenvalue weighted by atomic mass is 16.6. The fourth-order valence-electron chi connectivity index (χ4n) is 3.22. The Morgan fingerprint density at radius 1 is 1.28 bits per heavy atom. The zero-order valence-corrected chi connectivity index (χ0v) is 17.4. The number of nitrogens with one attached hydrogen (secondary N) is 1. The fourth-order valence-corrected chi connectivity index (χ4v) is 3.22. The molecule has 0 saturated carbocycles. The summed E-state index contributed by atoms with van der Waals surface area (Å²) in [6, 6.07) is 7.32. The van der Waals surface area contributed by atoms with Gasteiger partial charge in [-0.15, -0.1) is 0 Å². The molecule has 1 atom stereocenters. The van der Waals surface area contributed by atoms with Crippen molar-refractivity contribution in [2.75, 3.05) is 25.0 Å². The second kappa shape index (κ2) is 7.69. The molecule has 154 valence electrons. The lowest BCUT2D eigenvalue weighted by molar-refractivity contribution is -0.124. The van der Waals surface area contributed by atoms with Gasteiger partial charge in [0.2, 0.25) is 5.91 Å². The normalized spacial score (nSPS) is 20.9. The molecular formula is C21H26N4O4. The molecule has 3 amide bonds. The van der Waals surface area contributed by atoms with Crippen molar-refractivity contribution in [1.29, 1.82) is 0 Å². The van der Waals surface area contributed by atoms with E-state index in [4.69, 9.17) is 4.74 Å². The Balaban J connectivity index is 1.76. The Bertz CT molecular complexity index is 896. The molecule has 0 aromatic heterocycles. The molecule has 2 aliphatic rings. The number of anilines is 1. The first-order valence-electron chi connectivity index (χ1n) is 9.48. The summed E-state index contributed by atoms with van der Waals surface area (Å²) in [7, 11) is 1.65. The maximum atomic E-state index is 12.5. The van der Waals surface area contributed by atoms with Gasteiger partial charge in [0.15, 0.2) is 0 Å². The van der Waals surface area contributed by atoms with Crippen LogP contribution < -0.4 is 10.2 Å². The maximum Gasteiger partial charge on any atom is 0.414 e. The summed E-state index contributed by atoms with van der Waals surface area (Å²) in [6.45, 7) is 8.13. The summed E-state index contributed by atoms with van der Waals surface area (Å²) in [4.78, 5) is 37.2. The van der Waals surface area contributed by atoms with E-state index in [2.05, 4.69) is 10.4 Å². The lowest BCUT2D eigenvalue weighted by atomic mass is 9.85. The standard InChI is InChI=1S/C21H26N4O4/c1-13(26)22-11-16-12-25(20(28)29-16)15-8-6-14(7-9-15)10-17-18(21(2,3)4)23-24(5)19(17)27/h6-10,16H,11-12H2,1-5H3,(H,22,26)/t16-/m0/s1. The Labute approximate surface area is 170 Å². The average Bonchev–Trinajstić information content (AvgIpc) is 3.15. The number of benzene rings is 1. The summed E-state index contributed by atoms with van der Waals surface area (Å²) in [6.07, 6.45) is 0.994. The first-order chi connectivity index (χ1) is 13.6. The third kappa shape index (κ3) is 4.47. The van der Waals surface area contributed by atoms with Crippen molar-refractivity contribution in [3.63, 3.8) is 0 Å². The molecule has 1 N–H and O–H groups in total. The van der Waals surface area contributed by atoms with E-state index in [-0.39, 0.29) is 29.9 Å². The zero-order valence-electron chi connectivity index (χ0n) is 17.4. The molecule has 2 heterocycles. The number of nitrogens with zero attached hydrogens (tertiary/aromatic N) is 3. The number of hydrogen-bond acceptors (Lipinski definition) is 5. The van der Waals surface area contributed by atoms with Crippen LogP contribution in [0.4, 0.5) is 10.5 Å². The molecule has 8 heteroatoms. The van der Waals surface area contributed by atoms with E-state index in [1.807, 2.05) is 51.1 Å². The number of rotatable bonds is 4. The molecule has 0 radical (unpaired) electrons. The van der Waals surface area contributed by atoms with Crippen molar-refractivity contribution in [3.8, 4) is 0 Å². The van der Waals surface area contributed by atoms with Gasteiger partial charge in [-0.05, 0) is 23.8 Å². The van der Waals surface area contributed by atoms with Crippen molar-refractivity contribution < 1.29 is 19.1 Å². The van der Waals surface area contributed by atoms with E-state index in [1.54, 1.807) is 7.05 Å². The van der Waals surface area contributed by atoms with E-state index >= 15 is 0 Å². The van der Waals surface area contributed by atoms with E-state index < -0.39 is 6.09 Å². The van der Waals surface area contributed by atoms with Crippen molar-refractivity contribution in [1.82, 2.24) is 10.3 Å². The van der Waals surface area contributed by atoms with Crippen LogP contribution in [-0.4, -0.2) is 54.9 Å². The molecule has 0 bridgehead atoms. The van der Waals surface area contributed by atoms with E-state index in [0.29, 0.717) is 17.8 Å². The lowest BCUT2D eigenvalue weighted by Crippen LogP contribution is -2.33. The Kier molecular flexibility index (Phi) is 5.46. The van der Waals surface area contributed by atoms with Gasteiger partial charge in [0.05, 0.1) is 24.4 Å². The molecular weight excluding hydrogens is 372 g/mol. The van der Waals surface area contributed by atoms with Gasteiger partial charge in [-0.2, -0.15) is 5.10 Å². The van der Waals surface area contributed by atoms with E-state index in [1.165, 1.54) is 16.8 Å². The van der Waals surface area contributed by atoms with Crippen LogP contribution in [0.5, 0.6) is 0 Å². The molecule has 29 heavy (non-hydrogen) atoms. The number of carbonyl (C=O) groups excluding carboxylic acids is 3. The van der Waals surface area contributed by atoms with Gasteiger partial charge in [0, 0.05) is 25.1 Å². The molecule has 3 rings (SSSR count). The SMILES string of the molecule is CC(=O)NC[C@H]1CN(c2ccc(C=C3C(=O)N(C)N=C3C(C)(C)C)cc2)C(=O)O1. The average molecular weight is 398 g/mol. The molecule has 1 aromatic rings. The van der Waals surface area contributed by atoms with Crippen LogP contribution in [0.15, 0.2) is 34.9 Å². The Hall–Kier alpha value is -3.16. The highest BCUT2D eigenvalue weighted by Crippen LogP contribution is 2.29. The number of hydrazone groups is 1. The van der Waals surface area contributed by atoms with Crippen LogP contribution in [0.3, 0.4) is 0 Å². The monoisotopic (exact) mass is 398 g/mol. The molecule has 8 nitrogen and oxygen atoms in total. The molecule has 0 aliphatic carbocycles. The van der Waals surface area contributed by atoms with Crippen molar-refractivity contribution in [2.45, 2.75) is 33.8 Å². The quantitative estimate of drug-likeness (QED) is 0.789. The van der Waals surface area contributed by atoms with Gasteiger partial charge in [-0.3, -0.25) is 14.5 Å². The number of ether oxygens (including phenoxy) is 1. The molecule has 1 saturated heterocycles. The number of cyclic esters (lactones) is 1. The molecule has 1 fully saturated rings. The smallest absolute Gasteiger partial charge is 0.414 e. The van der Waals surface area contributed by atoms with E-state index in [9.17, 15) is 14.4 Å². The van der Waals surface area contributed by atoms with Crippen LogP contribution in [0.1, 0.15) is 33.3 Å². The van der Waals surface area contributed by atoms with Gasteiger partial charge in [-0.1, -0.05) is 32.9 Å². The van der Waals surface area contributed by atoms with E-state index in [0.717, 1.165) is 11.3 Å². The first-order valence-corrected chi connectivity index (χ1v) is 9.48. The van der Waals surface area contributed by atoms with Crippen LogP contribution in [0.25, 0.3) is 6.08 Å². The summed E-state index contributed by atoms with van der Waals surface area (Å²) in [5.74, 6) is -0.301. The predicted octanol–water partition coefficient (Wildman–Crippen LogP) is 2.41. The number of hydrogen-bond donors (Lipinski definition) is 1. The maximum absolute atomic E-state index is 12.5. The number of likely N-dealkylation sites (N-methyl/N-ethyl adjacent to an activating group) is 1. The van der Waals surface area contributed by atoms with Crippen LogP contribution in [-0.2, 0) is 14.3 Å². The van der Waals surface area contributed by atoms with Gasteiger partial charge in [-0.25, -0.2) is 9.80 Å². The van der Waals surface area contributed by atoms with Crippen molar-refractivity contribution in [2.24, 2.45) is 10.5 Å². The molecule has 1 aromatic carbocycles. The van der Waals surface area contributed by atoms with Gasteiger partial charge < -0.3 is 10.1 Å². The third-order valence-electron chi connectivity index (χ3n) is 4.71. The minimum Gasteiger partial charge on any atom is -0.442 e. The van der Waals surface area contributed by atoms with Crippen LogP contribution >= 0.6 is 0 Å². The summed E-state index contributed by atoms with van der Waals surface area (Å²) in [5.41, 5.74) is 2.60. The highest BCUT2D eigenvalue weighted by molar-refractivity contribution is 6.28. The largest absolute Gasteiger partial charge is 0.442 e. The second-order valence-corrected chi connectivity index (χ2v) is 8.23. The molecule has 2 aliphatic heterocycles. The topological polar surface area (TPSA) is 91.3 Å². The summed E-state index contributed by atoms with van der Waals surface area (Å²) in [5, 5.41) is 8.39. The van der Waals surface area contributed by atoms with Gasteiger partial charge in [0.1, 0.15) is 6.10 Å². The molecule has 0 spiro atoms. The predicted molar refractivity (Wildman–Crippen MR) is 110 cm³/mol. The number of amides is 3. The second-order valence-electron chi connectivity index (χ2n) is 8.23. The fraction of sp³-hybridized carbons (Fsp3) is 0.429. The number of carbonyl (C=O) groups is 3.